The summed E-state index contributed by atoms with van der Waals surface area (Å²) in [5.41, 5.74) is 0. The second-order valence-corrected chi connectivity index (χ2v) is 6.19. The van der Waals surface area contributed by atoms with Crippen LogP contribution in [-0.2, 0) is 28.5 Å². The van der Waals surface area contributed by atoms with Crippen molar-refractivity contribution in [3.05, 3.63) is 29.3 Å². The van der Waals surface area contributed by atoms with Crippen LogP contribution in [0.15, 0.2) is 24.3 Å². The number of halogens is 1. The fourth-order valence-electron chi connectivity index (χ4n) is 2.14. The molecule has 0 saturated carbocycles. The molecule has 0 spiro atoms. The van der Waals surface area contributed by atoms with Crippen LogP contribution in [0.3, 0.4) is 0 Å². The Bertz CT molecular complexity index is 665. The predicted octanol–water partition coefficient (Wildman–Crippen LogP) is 2.39. The van der Waals surface area contributed by atoms with Gasteiger partial charge in [-0.3, -0.25) is 4.79 Å². The molecule has 0 fully saturated rings. The molecule has 1 amide bonds. The summed E-state index contributed by atoms with van der Waals surface area (Å²) >= 11 is 5.75. The number of alkyl carbamates (subject to hydrolysis) is 1. The van der Waals surface area contributed by atoms with Crippen molar-refractivity contribution in [3.8, 4) is 5.75 Å². The van der Waals surface area contributed by atoms with E-state index in [2.05, 4.69) is 5.32 Å². The third-order valence-electron chi connectivity index (χ3n) is 3.46. The molecule has 1 aromatic rings. The third kappa shape index (κ3) is 11.1. The van der Waals surface area contributed by atoms with Gasteiger partial charge in [-0.1, -0.05) is 11.6 Å². The summed E-state index contributed by atoms with van der Waals surface area (Å²) in [7, 11) is 0. The van der Waals surface area contributed by atoms with Gasteiger partial charge in [-0.2, -0.15) is 0 Å². The summed E-state index contributed by atoms with van der Waals surface area (Å²) in [5, 5.41) is 2.97. The van der Waals surface area contributed by atoms with Gasteiger partial charge in [0.05, 0.1) is 0 Å². The Balaban J connectivity index is 0.00000841. The van der Waals surface area contributed by atoms with Gasteiger partial charge in [-0.15, -0.1) is 0 Å². The molecule has 30 heavy (non-hydrogen) atoms. The Morgan fingerprint density at radius 3 is 2.20 bits per heavy atom. The molecule has 164 valence electrons. The minimum absolute atomic E-state index is 0. The van der Waals surface area contributed by atoms with Gasteiger partial charge < -0.3 is 29.0 Å². The molecule has 0 aromatic heterocycles. The van der Waals surface area contributed by atoms with Gasteiger partial charge in [-0.05, 0) is 44.5 Å². The maximum atomic E-state index is 12.0. The van der Waals surface area contributed by atoms with Gasteiger partial charge in [-0.25, -0.2) is 9.59 Å². The monoisotopic (exact) mass is 455 g/mol. The van der Waals surface area contributed by atoms with Gasteiger partial charge in [0.25, 0.3) is 5.79 Å². The zero-order valence-corrected chi connectivity index (χ0v) is 17.5. The van der Waals surface area contributed by atoms with Crippen molar-refractivity contribution in [1.82, 2.24) is 5.32 Å². The molecule has 0 saturated heterocycles. The van der Waals surface area contributed by atoms with Gasteiger partial charge in [0.2, 0.25) is 6.79 Å². The number of hydrogen-bond acceptors (Lipinski definition) is 8. The van der Waals surface area contributed by atoms with Crippen molar-refractivity contribution in [2.45, 2.75) is 39.4 Å². The fourth-order valence-corrected chi connectivity index (χ4v) is 2.26. The number of amides is 1. The summed E-state index contributed by atoms with van der Waals surface area (Å²) in [6, 6.07) is 6.39. The van der Waals surface area contributed by atoms with E-state index in [0.29, 0.717) is 17.2 Å². The van der Waals surface area contributed by atoms with Crippen LogP contribution >= 0.6 is 11.6 Å². The molecule has 0 aliphatic carbocycles. The first-order chi connectivity index (χ1) is 13.8. The van der Waals surface area contributed by atoms with Crippen LogP contribution in [0.5, 0.6) is 5.75 Å². The molecule has 0 aliphatic heterocycles. The molecule has 0 heterocycles. The number of nitrogens with one attached hydrogen (secondary N) is 1. The molecular formula is C19H27ClNNaO8. The fraction of sp³-hybridized carbons (Fsp3) is 0.526. The summed E-state index contributed by atoms with van der Waals surface area (Å²) in [6.07, 6.45) is -0.356. The quantitative estimate of drug-likeness (QED) is 0.168. The van der Waals surface area contributed by atoms with Crippen molar-refractivity contribution in [1.29, 1.82) is 0 Å². The molecule has 0 bridgehead atoms. The van der Waals surface area contributed by atoms with Gasteiger partial charge in [0.1, 0.15) is 5.75 Å². The van der Waals surface area contributed by atoms with Crippen LogP contribution in [0.25, 0.3) is 0 Å². The standard InChI is InChI=1S/C19H26ClNO8.Na.H/c1-4-27-19(3,28-5-2)17(23)25-13-26-18(24)21-12-6-7-16(22)29-15-10-8-14(20)9-11-15;;/h8-11H,4-7,12-13H2,1-3H3,(H,21,24);;. The average Bonchev–Trinajstić information content (AvgIpc) is 2.67. The second-order valence-electron chi connectivity index (χ2n) is 5.75. The normalized spacial score (nSPS) is 10.5. The van der Waals surface area contributed by atoms with E-state index in [0.717, 1.165) is 0 Å². The van der Waals surface area contributed by atoms with Gasteiger partial charge in [0, 0.05) is 38.1 Å². The van der Waals surface area contributed by atoms with Crippen LogP contribution in [0.1, 0.15) is 33.6 Å². The molecule has 1 N–H and O–H groups in total. The topological polar surface area (TPSA) is 109 Å². The van der Waals surface area contributed by atoms with E-state index in [4.69, 9.17) is 35.3 Å². The number of benzene rings is 1. The van der Waals surface area contributed by atoms with Gasteiger partial charge >= 0.3 is 47.6 Å². The average molecular weight is 456 g/mol. The summed E-state index contributed by atoms with van der Waals surface area (Å²) in [5.74, 6) is -2.42. The molecule has 1 rings (SSSR count). The molecular weight excluding hydrogens is 429 g/mol. The first-order valence-corrected chi connectivity index (χ1v) is 9.50. The van der Waals surface area contributed by atoms with Crippen LogP contribution in [0.2, 0.25) is 5.02 Å². The summed E-state index contributed by atoms with van der Waals surface area (Å²) in [6.45, 7) is 4.91. The minimum atomic E-state index is -1.56. The molecule has 11 heteroatoms. The van der Waals surface area contributed by atoms with Crippen LogP contribution < -0.4 is 10.1 Å². The summed E-state index contributed by atoms with van der Waals surface area (Å²) in [4.78, 5) is 35.3. The molecule has 9 nitrogen and oxygen atoms in total. The summed E-state index contributed by atoms with van der Waals surface area (Å²) < 4.78 is 25.2. The van der Waals surface area contributed by atoms with E-state index in [9.17, 15) is 14.4 Å². The third-order valence-corrected chi connectivity index (χ3v) is 3.71. The zero-order chi connectivity index (χ0) is 21.7. The number of rotatable bonds is 12. The molecule has 1 aromatic carbocycles. The number of esters is 2. The van der Waals surface area contributed by atoms with Crippen molar-refractivity contribution < 1.29 is 38.1 Å². The van der Waals surface area contributed by atoms with Crippen molar-refractivity contribution in [2.75, 3.05) is 26.6 Å². The van der Waals surface area contributed by atoms with E-state index in [1.165, 1.54) is 6.92 Å². The molecule has 0 radical (unpaired) electrons. The van der Waals surface area contributed by atoms with E-state index in [1.54, 1.807) is 38.1 Å². The number of hydrogen-bond donors (Lipinski definition) is 1. The number of carbonyl (C=O) groups excluding carboxylic acids is 3. The van der Waals surface area contributed by atoms with Gasteiger partial charge in [0.15, 0.2) is 0 Å². The zero-order valence-electron chi connectivity index (χ0n) is 16.7. The van der Waals surface area contributed by atoms with E-state index >= 15 is 0 Å². The first-order valence-electron chi connectivity index (χ1n) is 9.12. The Kier molecular flexibility index (Phi) is 14.7. The SMILES string of the molecule is CCOC(C)(OCC)C(=O)OCOC(=O)NCCCC(=O)Oc1ccc(Cl)cc1.[NaH]. The van der Waals surface area contributed by atoms with Crippen LogP contribution in [0.4, 0.5) is 4.79 Å². The van der Waals surface area contributed by atoms with E-state index < -0.39 is 30.6 Å². The Morgan fingerprint density at radius 2 is 1.63 bits per heavy atom. The van der Waals surface area contributed by atoms with E-state index in [1.807, 2.05) is 0 Å². The Hall–Kier alpha value is -1.36. The Morgan fingerprint density at radius 1 is 1.03 bits per heavy atom. The molecule has 0 aliphatic rings. The van der Waals surface area contributed by atoms with Crippen molar-refractivity contribution in [2.24, 2.45) is 0 Å². The molecule has 0 atom stereocenters. The van der Waals surface area contributed by atoms with Crippen molar-refractivity contribution in [3.63, 3.8) is 0 Å². The number of ether oxygens (including phenoxy) is 5. The number of carbonyl (C=O) groups is 3. The van der Waals surface area contributed by atoms with Crippen LogP contribution in [0, 0.1) is 0 Å². The maximum absolute atomic E-state index is 12.0. The van der Waals surface area contributed by atoms with E-state index in [-0.39, 0.29) is 55.7 Å². The Labute approximate surface area is 202 Å². The van der Waals surface area contributed by atoms with Crippen molar-refractivity contribution >= 4 is 59.2 Å². The first kappa shape index (κ1) is 28.6. The predicted molar refractivity (Wildman–Crippen MR) is 111 cm³/mol. The second kappa shape index (κ2) is 15.4. The molecule has 0 unspecified atom stereocenters. The van der Waals surface area contributed by atoms with Crippen LogP contribution in [-0.4, -0.2) is 79.9 Å².